The molecule has 1 aromatic carbocycles. The minimum Gasteiger partial charge on any atom is -0.441 e. The first-order valence-corrected chi connectivity index (χ1v) is 7.01. The van der Waals surface area contributed by atoms with Gasteiger partial charge in [-0.3, -0.25) is 4.90 Å². The predicted octanol–water partition coefficient (Wildman–Crippen LogP) is 3.92. The minimum atomic E-state index is 0.535. The van der Waals surface area contributed by atoms with Crippen molar-refractivity contribution in [2.24, 2.45) is 0 Å². The summed E-state index contributed by atoms with van der Waals surface area (Å²) in [5, 5.41) is 0.622. The third-order valence-corrected chi connectivity index (χ3v) is 3.40. The fourth-order valence-electron chi connectivity index (χ4n) is 2.03. The van der Waals surface area contributed by atoms with Crippen molar-refractivity contribution in [3.8, 4) is 23.8 Å². The molecule has 0 bridgehead atoms. The summed E-state index contributed by atoms with van der Waals surface area (Å²) in [5.74, 6) is 3.95. The van der Waals surface area contributed by atoms with Crippen molar-refractivity contribution < 1.29 is 4.42 Å². The van der Waals surface area contributed by atoms with Gasteiger partial charge in [-0.2, -0.15) is 0 Å². The van der Waals surface area contributed by atoms with Crippen LogP contribution in [0.4, 0.5) is 0 Å². The van der Waals surface area contributed by atoms with Gasteiger partial charge in [0.1, 0.15) is 5.76 Å². The Hall–Kier alpha value is -2.02. The molecule has 0 saturated heterocycles. The van der Waals surface area contributed by atoms with Crippen LogP contribution in [0.1, 0.15) is 11.5 Å². The van der Waals surface area contributed by atoms with Crippen LogP contribution < -0.4 is 0 Å². The molecular formula is C17H17ClN2O. The molecule has 0 N–H and O–H groups in total. The lowest BCUT2D eigenvalue weighted by Gasteiger charge is -2.15. The maximum absolute atomic E-state index is 6.18. The van der Waals surface area contributed by atoms with E-state index in [2.05, 4.69) is 22.4 Å². The van der Waals surface area contributed by atoms with Crippen LogP contribution in [-0.4, -0.2) is 23.0 Å². The van der Waals surface area contributed by atoms with Gasteiger partial charge in [0.05, 0.1) is 22.8 Å². The van der Waals surface area contributed by atoms with Crippen molar-refractivity contribution in [3.63, 3.8) is 0 Å². The van der Waals surface area contributed by atoms with Gasteiger partial charge in [0.25, 0.3) is 0 Å². The topological polar surface area (TPSA) is 29.3 Å². The minimum absolute atomic E-state index is 0.535. The first-order chi connectivity index (χ1) is 10.2. The number of oxazole rings is 1. The van der Waals surface area contributed by atoms with Crippen molar-refractivity contribution in [1.82, 2.24) is 9.88 Å². The highest BCUT2D eigenvalue weighted by Crippen LogP contribution is 2.28. The van der Waals surface area contributed by atoms with Gasteiger partial charge in [0, 0.05) is 13.1 Å². The molecule has 0 aliphatic carbocycles. The van der Waals surface area contributed by atoms with Gasteiger partial charge in [-0.1, -0.05) is 35.7 Å². The zero-order valence-corrected chi connectivity index (χ0v) is 12.7. The number of rotatable bonds is 6. The van der Waals surface area contributed by atoms with Crippen molar-refractivity contribution in [3.05, 3.63) is 53.4 Å². The molecule has 1 aromatic heterocycles. The Morgan fingerprint density at radius 1 is 1.48 bits per heavy atom. The van der Waals surface area contributed by atoms with Gasteiger partial charge in [0.2, 0.25) is 5.89 Å². The van der Waals surface area contributed by atoms with E-state index in [9.17, 15) is 0 Å². The highest BCUT2D eigenvalue weighted by molar-refractivity contribution is 6.33. The van der Waals surface area contributed by atoms with E-state index in [0.29, 0.717) is 30.5 Å². The number of terminal acetylenes is 1. The fourth-order valence-corrected chi connectivity index (χ4v) is 2.25. The molecule has 0 amide bonds. The summed E-state index contributed by atoms with van der Waals surface area (Å²) in [6.07, 6.45) is 7.20. The molecule has 0 aliphatic rings. The second-order valence-electron chi connectivity index (χ2n) is 4.66. The molecule has 2 aromatic rings. The Labute approximate surface area is 130 Å². The summed E-state index contributed by atoms with van der Waals surface area (Å²) in [6, 6.07) is 7.49. The first kappa shape index (κ1) is 15.4. The molecule has 108 valence electrons. The van der Waals surface area contributed by atoms with Crippen molar-refractivity contribution >= 4 is 11.6 Å². The zero-order valence-electron chi connectivity index (χ0n) is 12.0. The van der Waals surface area contributed by atoms with E-state index in [1.54, 1.807) is 0 Å². The van der Waals surface area contributed by atoms with E-state index in [4.69, 9.17) is 22.4 Å². The number of aryl methyl sites for hydroxylation is 1. The Morgan fingerprint density at radius 2 is 2.24 bits per heavy atom. The van der Waals surface area contributed by atoms with E-state index in [-0.39, 0.29) is 0 Å². The number of aromatic nitrogens is 1. The molecule has 0 fully saturated rings. The van der Waals surface area contributed by atoms with Gasteiger partial charge >= 0.3 is 0 Å². The van der Waals surface area contributed by atoms with Crippen LogP contribution in [0.3, 0.4) is 0 Å². The second kappa shape index (κ2) is 7.12. The number of halogens is 1. The molecule has 0 aliphatic heterocycles. The highest BCUT2D eigenvalue weighted by atomic mass is 35.5. The summed E-state index contributed by atoms with van der Waals surface area (Å²) in [5.41, 5.74) is 1.66. The van der Waals surface area contributed by atoms with Crippen molar-refractivity contribution in [2.75, 3.05) is 13.1 Å². The molecule has 2 rings (SSSR count). The zero-order chi connectivity index (χ0) is 15.2. The number of benzene rings is 1. The highest BCUT2D eigenvalue weighted by Gasteiger charge is 2.15. The molecule has 0 unspecified atom stereocenters. The molecule has 3 nitrogen and oxygen atoms in total. The molecule has 0 atom stereocenters. The average Bonchev–Trinajstić information content (AvgIpc) is 2.81. The summed E-state index contributed by atoms with van der Waals surface area (Å²) in [7, 11) is 0. The Kier molecular flexibility index (Phi) is 5.21. The maximum Gasteiger partial charge on any atom is 0.228 e. The van der Waals surface area contributed by atoms with E-state index in [1.807, 2.05) is 37.3 Å². The normalized spacial score (nSPS) is 10.6. The Morgan fingerprint density at radius 3 is 2.90 bits per heavy atom. The van der Waals surface area contributed by atoms with Gasteiger partial charge in [-0.25, -0.2) is 4.98 Å². The van der Waals surface area contributed by atoms with Crippen LogP contribution in [0.25, 0.3) is 11.5 Å². The number of hydrogen-bond donors (Lipinski definition) is 0. The second-order valence-corrected chi connectivity index (χ2v) is 5.07. The maximum atomic E-state index is 6.18. The largest absolute Gasteiger partial charge is 0.441 e. The van der Waals surface area contributed by atoms with Crippen molar-refractivity contribution in [2.45, 2.75) is 13.5 Å². The monoisotopic (exact) mass is 300 g/mol. The Balaban J connectivity index is 2.25. The molecule has 1 heterocycles. The smallest absolute Gasteiger partial charge is 0.228 e. The lowest BCUT2D eigenvalue weighted by atomic mass is 10.2. The van der Waals surface area contributed by atoms with Gasteiger partial charge in [-0.05, 0) is 19.1 Å². The third-order valence-electron chi connectivity index (χ3n) is 3.07. The SMILES string of the molecule is C#CCN(CC=C)Cc1nc(-c2ccccc2Cl)oc1C. The van der Waals surface area contributed by atoms with Gasteiger partial charge in [0.15, 0.2) is 0 Å². The summed E-state index contributed by atoms with van der Waals surface area (Å²) in [6.45, 7) is 7.50. The summed E-state index contributed by atoms with van der Waals surface area (Å²) >= 11 is 6.18. The number of nitrogens with zero attached hydrogens (tertiary/aromatic N) is 2. The molecule has 0 radical (unpaired) electrons. The van der Waals surface area contributed by atoms with Gasteiger partial charge < -0.3 is 4.42 Å². The lowest BCUT2D eigenvalue weighted by Crippen LogP contribution is -2.24. The van der Waals surface area contributed by atoms with E-state index in [0.717, 1.165) is 17.0 Å². The molecular weight excluding hydrogens is 284 g/mol. The van der Waals surface area contributed by atoms with Crippen LogP contribution >= 0.6 is 11.6 Å². The van der Waals surface area contributed by atoms with E-state index < -0.39 is 0 Å². The molecule has 21 heavy (non-hydrogen) atoms. The molecule has 0 spiro atoms. The lowest BCUT2D eigenvalue weighted by molar-refractivity contribution is 0.326. The fraction of sp³-hybridized carbons (Fsp3) is 0.235. The van der Waals surface area contributed by atoms with E-state index >= 15 is 0 Å². The van der Waals surface area contributed by atoms with Crippen LogP contribution in [0.2, 0.25) is 5.02 Å². The quantitative estimate of drug-likeness (QED) is 0.598. The van der Waals surface area contributed by atoms with Crippen molar-refractivity contribution in [1.29, 1.82) is 0 Å². The standard InChI is InChI=1S/C17H17ClN2O/c1-4-10-20(11-5-2)12-16-13(3)21-17(19-16)14-8-6-7-9-15(14)18/h1,5-9H,2,10-12H2,3H3. The first-order valence-electron chi connectivity index (χ1n) is 6.63. The summed E-state index contributed by atoms with van der Waals surface area (Å²) < 4.78 is 5.74. The van der Waals surface area contributed by atoms with Crippen LogP contribution in [-0.2, 0) is 6.54 Å². The predicted molar refractivity (Wildman–Crippen MR) is 86.0 cm³/mol. The molecule has 0 saturated carbocycles. The Bertz CT molecular complexity index is 670. The average molecular weight is 301 g/mol. The number of hydrogen-bond acceptors (Lipinski definition) is 3. The third kappa shape index (κ3) is 3.75. The summed E-state index contributed by atoms with van der Waals surface area (Å²) in [4.78, 5) is 6.61. The van der Waals surface area contributed by atoms with Crippen LogP contribution in [0, 0.1) is 19.3 Å². The van der Waals surface area contributed by atoms with Crippen LogP contribution in [0.15, 0.2) is 41.3 Å². The molecule has 4 heteroatoms. The van der Waals surface area contributed by atoms with Gasteiger partial charge in [-0.15, -0.1) is 13.0 Å². The van der Waals surface area contributed by atoms with Crippen LogP contribution in [0.5, 0.6) is 0 Å². The van der Waals surface area contributed by atoms with E-state index in [1.165, 1.54) is 0 Å².